The number of nitrogens with zero attached hydrogens (tertiary/aromatic N) is 3. The van der Waals surface area contributed by atoms with E-state index in [0.29, 0.717) is 18.5 Å². The maximum atomic E-state index is 12.7. The van der Waals surface area contributed by atoms with E-state index in [1.54, 1.807) is 6.33 Å². The number of likely N-dealkylation sites (N-methyl/N-ethyl adjacent to an activating group) is 1. The van der Waals surface area contributed by atoms with Crippen molar-refractivity contribution < 1.29 is 4.79 Å². The van der Waals surface area contributed by atoms with Gasteiger partial charge in [-0.05, 0) is 39.1 Å². The van der Waals surface area contributed by atoms with Crippen LogP contribution in [-0.4, -0.2) is 41.0 Å². The van der Waals surface area contributed by atoms with Gasteiger partial charge >= 0.3 is 0 Å². The summed E-state index contributed by atoms with van der Waals surface area (Å²) in [5.41, 5.74) is 2.06. The van der Waals surface area contributed by atoms with E-state index in [1.165, 1.54) is 15.9 Å². The third kappa shape index (κ3) is 4.31. The predicted molar refractivity (Wildman–Crippen MR) is 114 cm³/mol. The molecule has 7 heteroatoms. The van der Waals surface area contributed by atoms with Crippen molar-refractivity contribution >= 4 is 27.5 Å². The molecule has 28 heavy (non-hydrogen) atoms. The van der Waals surface area contributed by atoms with Crippen LogP contribution in [0.3, 0.4) is 0 Å². The van der Waals surface area contributed by atoms with Gasteiger partial charge in [0, 0.05) is 24.4 Å². The minimum absolute atomic E-state index is 0.0740. The standard InChI is InChI=1S/C21H26N4O2S/c1-14-15(2)28-20-19(14)21(27)25(13-23-20)11-10-18(26)22-12-17(24(3)4)16-8-6-5-7-9-16/h5-9,13,17H,10-12H2,1-4H3,(H,22,26)/t17-/m0/s1. The average molecular weight is 399 g/mol. The van der Waals surface area contributed by atoms with E-state index < -0.39 is 0 Å². The van der Waals surface area contributed by atoms with Crippen LogP contribution in [0.4, 0.5) is 0 Å². The molecule has 0 aliphatic heterocycles. The van der Waals surface area contributed by atoms with Crippen molar-refractivity contribution in [1.82, 2.24) is 19.8 Å². The minimum Gasteiger partial charge on any atom is -0.354 e. The van der Waals surface area contributed by atoms with E-state index in [4.69, 9.17) is 0 Å². The number of fused-ring (bicyclic) bond motifs is 1. The van der Waals surface area contributed by atoms with Gasteiger partial charge in [0.2, 0.25) is 5.91 Å². The summed E-state index contributed by atoms with van der Waals surface area (Å²) >= 11 is 1.53. The van der Waals surface area contributed by atoms with Crippen molar-refractivity contribution in [2.45, 2.75) is 32.9 Å². The van der Waals surface area contributed by atoms with Crippen LogP contribution >= 0.6 is 11.3 Å². The third-order valence-corrected chi connectivity index (χ3v) is 6.15. The summed E-state index contributed by atoms with van der Waals surface area (Å²) in [5, 5.41) is 3.66. The number of nitrogens with one attached hydrogen (secondary N) is 1. The first kappa shape index (κ1) is 20.2. The first-order valence-electron chi connectivity index (χ1n) is 9.31. The molecule has 1 atom stereocenters. The lowest BCUT2D eigenvalue weighted by molar-refractivity contribution is -0.121. The second-order valence-electron chi connectivity index (χ2n) is 7.15. The Balaban J connectivity index is 1.63. The number of hydrogen-bond donors (Lipinski definition) is 1. The fourth-order valence-electron chi connectivity index (χ4n) is 3.22. The molecule has 1 N–H and O–H groups in total. The van der Waals surface area contributed by atoms with E-state index in [9.17, 15) is 9.59 Å². The van der Waals surface area contributed by atoms with Crippen molar-refractivity contribution in [3.63, 3.8) is 0 Å². The van der Waals surface area contributed by atoms with E-state index in [0.717, 1.165) is 20.8 Å². The largest absolute Gasteiger partial charge is 0.354 e. The van der Waals surface area contributed by atoms with Gasteiger partial charge in [-0.15, -0.1) is 11.3 Å². The van der Waals surface area contributed by atoms with Crippen LogP contribution < -0.4 is 10.9 Å². The van der Waals surface area contributed by atoms with E-state index >= 15 is 0 Å². The second kappa shape index (κ2) is 8.67. The first-order valence-corrected chi connectivity index (χ1v) is 10.1. The molecule has 6 nitrogen and oxygen atoms in total. The number of aromatic nitrogens is 2. The van der Waals surface area contributed by atoms with Crippen molar-refractivity contribution in [1.29, 1.82) is 0 Å². The van der Waals surface area contributed by atoms with Gasteiger partial charge < -0.3 is 10.2 Å². The summed E-state index contributed by atoms with van der Waals surface area (Å²) in [5.74, 6) is -0.0759. The summed E-state index contributed by atoms with van der Waals surface area (Å²) in [6.07, 6.45) is 1.78. The van der Waals surface area contributed by atoms with E-state index in [1.807, 2.05) is 46.1 Å². The quantitative estimate of drug-likeness (QED) is 0.665. The molecule has 1 amide bonds. The molecule has 0 radical (unpaired) electrons. The number of rotatable bonds is 7. The summed E-state index contributed by atoms with van der Waals surface area (Å²) in [4.78, 5) is 33.4. The number of benzene rings is 1. The van der Waals surface area contributed by atoms with Gasteiger partial charge in [-0.2, -0.15) is 0 Å². The lowest BCUT2D eigenvalue weighted by Crippen LogP contribution is -2.35. The van der Waals surface area contributed by atoms with Gasteiger partial charge in [0.25, 0.3) is 5.56 Å². The molecular weight excluding hydrogens is 372 g/mol. The highest BCUT2D eigenvalue weighted by Gasteiger charge is 2.16. The van der Waals surface area contributed by atoms with Crippen molar-refractivity contribution in [2.24, 2.45) is 0 Å². The minimum atomic E-state index is -0.0759. The van der Waals surface area contributed by atoms with Gasteiger partial charge in [0.05, 0.1) is 17.8 Å². The van der Waals surface area contributed by atoms with Crippen LogP contribution in [0.5, 0.6) is 0 Å². The van der Waals surface area contributed by atoms with Gasteiger partial charge in [0.15, 0.2) is 0 Å². The Hall–Kier alpha value is -2.51. The average Bonchev–Trinajstić information content (AvgIpc) is 2.96. The lowest BCUT2D eigenvalue weighted by atomic mass is 10.1. The fourth-order valence-corrected chi connectivity index (χ4v) is 4.21. The predicted octanol–water partition coefficient (Wildman–Crippen LogP) is 2.88. The second-order valence-corrected chi connectivity index (χ2v) is 8.35. The van der Waals surface area contributed by atoms with Crippen LogP contribution in [0.2, 0.25) is 0 Å². The normalized spacial score (nSPS) is 12.5. The summed E-state index contributed by atoms with van der Waals surface area (Å²) in [6, 6.07) is 10.2. The van der Waals surface area contributed by atoms with Crippen LogP contribution in [-0.2, 0) is 11.3 Å². The molecule has 0 unspecified atom stereocenters. The molecule has 0 aliphatic carbocycles. The molecule has 0 bridgehead atoms. The molecule has 2 aromatic heterocycles. The van der Waals surface area contributed by atoms with Gasteiger partial charge in [-0.1, -0.05) is 30.3 Å². The Morgan fingerprint density at radius 3 is 2.64 bits per heavy atom. The Morgan fingerprint density at radius 1 is 1.25 bits per heavy atom. The first-order chi connectivity index (χ1) is 13.4. The monoisotopic (exact) mass is 398 g/mol. The Morgan fingerprint density at radius 2 is 1.96 bits per heavy atom. The maximum absolute atomic E-state index is 12.7. The third-order valence-electron chi connectivity index (χ3n) is 5.04. The lowest BCUT2D eigenvalue weighted by Gasteiger charge is -2.25. The van der Waals surface area contributed by atoms with Crippen LogP contribution in [0, 0.1) is 13.8 Å². The number of hydrogen-bond acceptors (Lipinski definition) is 5. The molecule has 3 aromatic rings. The number of aryl methyl sites for hydroxylation is 3. The van der Waals surface area contributed by atoms with Gasteiger partial charge in [0.1, 0.15) is 4.83 Å². The van der Waals surface area contributed by atoms with Crippen LogP contribution in [0.25, 0.3) is 10.2 Å². The highest BCUT2D eigenvalue weighted by Crippen LogP contribution is 2.25. The Labute approximate surface area is 168 Å². The zero-order valence-corrected chi connectivity index (χ0v) is 17.5. The molecular formula is C21H26N4O2S. The van der Waals surface area contributed by atoms with Crippen LogP contribution in [0.15, 0.2) is 41.5 Å². The molecule has 2 heterocycles. The van der Waals surface area contributed by atoms with Crippen LogP contribution in [0.1, 0.15) is 28.5 Å². The molecule has 1 aromatic carbocycles. The topological polar surface area (TPSA) is 67.2 Å². The summed E-state index contributed by atoms with van der Waals surface area (Å²) in [6.45, 7) is 4.77. The van der Waals surface area contributed by atoms with E-state index in [2.05, 4.69) is 27.3 Å². The van der Waals surface area contributed by atoms with Crippen molar-refractivity contribution in [3.8, 4) is 0 Å². The highest BCUT2D eigenvalue weighted by atomic mass is 32.1. The number of carbonyl (C=O) groups is 1. The Bertz CT molecular complexity index is 1020. The zero-order valence-electron chi connectivity index (χ0n) is 16.7. The Kier molecular flexibility index (Phi) is 6.26. The summed E-state index contributed by atoms with van der Waals surface area (Å²) in [7, 11) is 3.99. The number of amides is 1. The molecule has 0 fully saturated rings. The smallest absolute Gasteiger partial charge is 0.262 e. The highest BCUT2D eigenvalue weighted by molar-refractivity contribution is 7.18. The molecule has 3 rings (SSSR count). The molecule has 0 spiro atoms. The summed E-state index contributed by atoms with van der Waals surface area (Å²) < 4.78 is 1.53. The fraction of sp³-hybridized carbons (Fsp3) is 0.381. The number of thiophene rings is 1. The van der Waals surface area contributed by atoms with Gasteiger partial charge in [-0.25, -0.2) is 4.98 Å². The van der Waals surface area contributed by atoms with E-state index in [-0.39, 0.29) is 23.9 Å². The zero-order chi connectivity index (χ0) is 20.3. The molecule has 148 valence electrons. The maximum Gasteiger partial charge on any atom is 0.262 e. The van der Waals surface area contributed by atoms with Crippen molar-refractivity contribution in [3.05, 3.63) is 63.0 Å². The SMILES string of the molecule is Cc1sc2ncn(CCC(=O)NC[C@@H](c3ccccc3)N(C)C)c(=O)c2c1C. The molecule has 0 aliphatic rings. The molecule has 0 saturated carbocycles. The molecule has 0 saturated heterocycles. The van der Waals surface area contributed by atoms with Gasteiger partial charge in [-0.3, -0.25) is 14.2 Å². The number of carbonyl (C=O) groups excluding carboxylic acids is 1. The van der Waals surface area contributed by atoms with Crippen molar-refractivity contribution in [2.75, 3.05) is 20.6 Å².